The molecule has 1 aromatic heterocycles. The second kappa shape index (κ2) is 4.11. The van der Waals surface area contributed by atoms with E-state index in [1.807, 2.05) is 0 Å². The van der Waals surface area contributed by atoms with Gasteiger partial charge < -0.3 is 5.11 Å². The normalized spacial score (nSPS) is 12.5. The van der Waals surface area contributed by atoms with Gasteiger partial charge >= 0.3 is 0 Å². The average Bonchev–Trinajstić information content (AvgIpc) is 2.44. The largest absolute Gasteiger partial charge is 0.384 e. The summed E-state index contributed by atoms with van der Waals surface area (Å²) in [7, 11) is -2.45. The number of nitrogens with one attached hydrogen (secondary N) is 1. The van der Waals surface area contributed by atoms with Crippen LogP contribution in [0, 0.1) is 0 Å². The van der Waals surface area contributed by atoms with Crippen LogP contribution in [-0.4, -0.2) is 29.2 Å². The Morgan fingerprint density at radius 1 is 1.53 bits per heavy atom. The number of aliphatic hydroxyl groups is 1. The molecule has 0 atom stereocenters. The smallest absolute Gasteiger partial charge is 0.283 e. The molecule has 0 aliphatic heterocycles. The van der Waals surface area contributed by atoms with Gasteiger partial charge in [-0.15, -0.1) is 0 Å². The summed E-state index contributed by atoms with van der Waals surface area (Å²) >= 11 is 0. The van der Waals surface area contributed by atoms with Gasteiger partial charge in [0.15, 0.2) is 5.03 Å². The van der Waals surface area contributed by atoms with E-state index in [-0.39, 0.29) is 5.03 Å². The van der Waals surface area contributed by atoms with Crippen molar-refractivity contribution >= 4 is 15.9 Å². The fraction of sp³-hybridized carbons (Fsp3) is 0.556. The van der Waals surface area contributed by atoms with Crippen molar-refractivity contribution < 1.29 is 18.3 Å². The van der Waals surface area contributed by atoms with Gasteiger partial charge in [0.2, 0.25) is 5.91 Å². The predicted molar refractivity (Wildman–Crippen MR) is 59.5 cm³/mol. The zero-order valence-electron chi connectivity index (χ0n) is 10.1. The summed E-state index contributed by atoms with van der Waals surface area (Å²) in [6, 6.07) is 1.23. The van der Waals surface area contributed by atoms with Crippen LogP contribution in [-0.2, 0) is 27.5 Å². The molecule has 0 aliphatic rings. The monoisotopic (exact) mass is 261 g/mol. The second-order valence-corrected chi connectivity index (χ2v) is 5.84. The van der Waals surface area contributed by atoms with Crippen LogP contribution in [0.15, 0.2) is 11.1 Å². The molecule has 0 fully saturated rings. The Morgan fingerprint density at radius 3 is 2.41 bits per heavy atom. The molecule has 0 aromatic carbocycles. The molecule has 96 valence electrons. The van der Waals surface area contributed by atoms with Gasteiger partial charge in [-0.1, -0.05) is 0 Å². The predicted octanol–water partition coefficient (Wildman–Crippen LogP) is -0.528. The topological polar surface area (TPSA) is 101 Å². The maximum Gasteiger partial charge on any atom is 0.283 e. The molecular formula is C9H15N3O4S. The summed E-state index contributed by atoms with van der Waals surface area (Å²) in [5.74, 6) is -0.694. The van der Waals surface area contributed by atoms with Crippen molar-refractivity contribution in [2.75, 3.05) is 0 Å². The minimum absolute atomic E-state index is 0.299. The highest BCUT2D eigenvalue weighted by Gasteiger charge is 2.26. The van der Waals surface area contributed by atoms with E-state index in [1.54, 1.807) is 4.72 Å². The zero-order chi connectivity index (χ0) is 13.4. The third-order valence-electron chi connectivity index (χ3n) is 2.04. The highest BCUT2D eigenvalue weighted by molar-refractivity contribution is 7.90. The van der Waals surface area contributed by atoms with Crippen LogP contribution in [0.3, 0.4) is 0 Å². The number of hydrogen-bond acceptors (Lipinski definition) is 5. The average molecular weight is 261 g/mol. The van der Waals surface area contributed by atoms with Crippen molar-refractivity contribution in [2.24, 2.45) is 7.05 Å². The summed E-state index contributed by atoms with van der Waals surface area (Å²) in [4.78, 5) is 10.7. The van der Waals surface area contributed by atoms with Crippen LogP contribution in [0.1, 0.15) is 26.5 Å². The Bertz CT molecular complexity index is 539. The van der Waals surface area contributed by atoms with Crippen LogP contribution >= 0.6 is 0 Å². The number of carbonyl (C=O) groups excluding carboxylic acids is 1. The number of sulfonamides is 1. The fourth-order valence-corrected chi connectivity index (χ4v) is 2.37. The van der Waals surface area contributed by atoms with Crippen LogP contribution in [0.2, 0.25) is 0 Å². The number of aryl methyl sites for hydroxylation is 1. The SMILES string of the molecule is CC(=O)NS(=O)(=O)c1cc(C(C)(C)O)n(C)n1. The molecule has 2 N–H and O–H groups in total. The van der Waals surface area contributed by atoms with E-state index in [0.29, 0.717) is 5.69 Å². The van der Waals surface area contributed by atoms with Gasteiger partial charge in [0, 0.05) is 20.0 Å². The van der Waals surface area contributed by atoms with Gasteiger partial charge in [0.05, 0.1) is 5.69 Å². The number of carbonyl (C=O) groups is 1. The van der Waals surface area contributed by atoms with E-state index in [1.165, 1.54) is 31.6 Å². The van der Waals surface area contributed by atoms with E-state index < -0.39 is 21.5 Å². The number of rotatable bonds is 3. The van der Waals surface area contributed by atoms with E-state index >= 15 is 0 Å². The zero-order valence-corrected chi connectivity index (χ0v) is 10.9. The molecule has 0 unspecified atom stereocenters. The maximum absolute atomic E-state index is 11.6. The van der Waals surface area contributed by atoms with E-state index in [2.05, 4.69) is 5.10 Å². The number of aromatic nitrogens is 2. The van der Waals surface area contributed by atoms with Crippen molar-refractivity contribution in [1.29, 1.82) is 0 Å². The molecule has 1 amide bonds. The summed E-state index contributed by atoms with van der Waals surface area (Å²) in [6.45, 7) is 4.12. The summed E-state index contributed by atoms with van der Waals surface area (Å²) in [6.07, 6.45) is 0. The molecule has 8 heteroatoms. The number of nitrogens with zero attached hydrogens (tertiary/aromatic N) is 2. The first-order valence-electron chi connectivity index (χ1n) is 4.84. The van der Waals surface area contributed by atoms with Crippen molar-refractivity contribution in [3.05, 3.63) is 11.8 Å². The lowest BCUT2D eigenvalue weighted by molar-refractivity contribution is -0.117. The first-order chi connectivity index (χ1) is 7.54. The number of hydrogen-bond donors (Lipinski definition) is 2. The molecule has 0 aliphatic carbocycles. The Morgan fingerprint density at radius 2 is 2.06 bits per heavy atom. The van der Waals surface area contributed by atoms with Gasteiger partial charge in [0.1, 0.15) is 5.60 Å². The summed E-state index contributed by atoms with van der Waals surface area (Å²) < 4.78 is 26.4. The Labute approximate surface area is 99.5 Å². The lowest BCUT2D eigenvalue weighted by atomic mass is 10.1. The van der Waals surface area contributed by atoms with Crippen LogP contribution < -0.4 is 4.72 Å². The van der Waals surface area contributed by atoms with E-state index in [0.717, 1.165) is 6.92 Å². The molecule has 7 nitrogen and oxygen atoms in total. The fourth-order valence-electron chi connectivity index (χ4n) is 1.39. The van der Waals surface area contributed by atoms with Gasteiger partial charge in [0.25, 0.3) is 10.0 Å². The minimum Gasteiger partial charge on any atom is -0.384 e. The third-order valence-corrected chi connectivity index (χ3v) is 3.34. The molecule has 0 saturated carbocycles. The summed E-state index contributed by atoms with van der Waals surface area (Å²) in [5.41, 5.74) is -0.882. The van der Waals surface area contributed by atoms with Crippen molar-refractivity contribution in [1.82, 2.24) is 14.5 Å². The Kier molecular flexibility index (Phi) is 3.30. The summed E-state index contributed by atoms with van der Waals surface area (Å²) in [5, 5.41) is 13.2. The first kappa shape index (κ1) is 13.7. The molecular weight excluding hydrogens is 246 g/mol. The van der Waals surface area contributed by atoms with Gasteiger partial charge in [-0.25, -0.2) is 4.72 Å². The minimum atomic E-state index is -3.96. The molecule has 1 aromatic rings. The quantitative estimate of drug-likeness (QED) is 0.762. The van der Waals surface area contributed by atoms with Gasteiger partial charge in [-0.3, -0.25) is 9.48 Å². The Balaban J connectivity index is 3.23. The lowest BCUT2D eigenvalue weighted by Crippen LogP contribution is -2.28. The van der Waals surface area contributed by atoms with E-state index in [9.17, 15) is 18.3 Å². The first-order valence-corrected chi connectivity index (χ1v) is 6.32. The molecule has 0 saturated heterocycles. The number of amides is 1. The second-order valence-electron chi connectivity index (χ2n) is 4.21. The van der Waals surface area contributed by atoms with E-state index in [4.69, 9.17) is 0 Å². The highest BCUT2D eigenvalue weighted by atomic mass is 32.2. The molecule has 1 heterocycles. The Hall–Kier alpha value is -1.41. The molecule has 1 rings (SSSR count). The van der Waals surface area contributed by atoms with Crippen molar-refractivity contribution in [2.45, 2.75) is 31.4 Å². The van der Waals surface area contributed by atoms with Crippen molar-refractivity contribution in [3.8, 4) is 0 Å². The third kappa shape index (κ3) is 3.04. The maximum atomic E-state index is 11.6. The molecule has 17 heavy (non-hydrogen) atoms. The van der Waals surface area contributed by atoms with Gasteiger partial charge in [-0.2, -0.15) is 13.5 Å². The van der Waals surface area contributed by atoms with Crippen molar-refractivity contribution in [3.63, 3.8) is 0 Å². The van der Waals surface area contributed by atoms with Gasteiger partial charge in [-0.05, 0) is 13.8 Å². The molecule has 0 spiro atoms. The van der Waals surface area contributed by atoms with Crippen LogP contribution in [0.5, 0.6) is 0 Å². The lowest BCUT2D eigenvalue weighted by Gasteiger charge is -2.16. The molecule has 0 bridgehead atoms. The van der Waals surface area contributed by atoms with Crippen LogP contribution in [0.4, 0.5) is 0 Å². The highest BCUT2D eigenvalue weighted by Crippen LogP contribution is 2.21. The van der Waals surface area contributed by atoms with Crippen LogP contribution in [0.25, 0.3) is 0 Å². The standard InChI is InChI=1S/C9H15N3O4S/c1-6(13)11-17(15,16)8-5-7(9(2,3)14)12(4)10-8/h5,14H,1-4H3,(H,11,13). The molecule has 0 radical (unpaired) electrons.